The number of hydrogen-bond acceptors (Lipinski definition) is 5. The summed E-state index contributed by atoms with van der Waals surface area (Å²) < 4.78 is 5.51. The second-order valence-electron chi connectivity index (χ2n) is 4.71. The quantitative estimate of drug-likeness (QED) is 0.750. The highest BCUT2D eigenvalue weighted by Crippen LogP contribution is 2.13. The minimum atomic E-state index is 0.478. The van der Waals surface area contributed by atoms with Gasteiger partial charge in [0.05, 0.1) is 6.26 Å². The van der Waals surface area contributed by atoms with Crippen molar-refractivity contribution in [2.45, 2.75) is 20.0 Å². The molecule has 2 aromatic heterocycles. The van der Waals surface area contributed by atoms with Gasteiger partial charge < -0.3 is 9.73 Å². The number of rotatable bonds is 6. The maximum absolute atomic E-state index is 5.51. The monoisotopic (exact) mass is 283 g/mol. The van der Waals surface area contributed by atoms with Gasteiger partial charge in [0.25, 0.3) is 0 Å². The molecule has 0 aliphatic carbocycles. The van der Waals surface area contributed by atoms with Crippen LogP contribution in [-0.2, 0) is 13.1 Å². The lowest BCUT2D eigenvalue weighted by atomic mass is 10.2. The van der Waals surface area contributed by atoms with Crippen LogP contribution in [-0.4, -0.2) is 26.8 Å². The van der Waals surface area contributed by atoms with Gasteiger partial charge in [-0.25, -0.2) is 0 Å². The Morgan fingerprint density at radius 2 is 2.10 bits per heavy atom. The molecule has 0 saturated carbocycles. The lowest BCUT2D eigenvalue weighted by Gasteiger charge is -1.95. The third-order valence-corrected chi connectivity index (χ3v) is 3.07. The van der Waals surface area contributed by atoms with Gasteiger partial charge in [-0.3, -0.25) is 0 Å². The first-order valence-corrected chi connectivity index (χ1v) is 6.95. The summed E-state index contributed by atoms with van der Waals surface area (Å²) in [6, 6.07) is 11.8. The summed E-state index contributed by atoms with van der Waals surface area (Å²) in [6.07, 6.45) is 1.76. The zero-order valence-corrected chi connectivity index (χ0v) is 11.9. The largest absolute Gasteiger partial charge is 0.467 e. The van der Waals surface area contributed by atoms with Gasteiger partial charge in [-0.05, 0) is 17.8 Å². The van der Waals surface area contributed by atoms with Crippen molar-refractivity contribution in [1.29, 1.82) is 0 Å². The molecule has 0 fully saturated rings. The fraction of sp³-hybridized carbons (Fsp3) is 0.267. The first kappa shape index (κ1) is 13.5. The van der Waals surface area contributed by atoms with Gasteiger partial charge in [0.2, 0.25) is 5.82 Å². The van der Waals surface area contributed by atoms with E-state index in [1.54, 1.807) is 6.26 Å². The number of furan rings is 1. The van der Waals surface area contributed by atoms with Crippen LogP contribution in [0.3, 0.4) is 0 Å². The predicted molar refractivity (Wildman–Crippen MR) is 78.4 cm³/mol. The summed E-state index contributed by atoms with van der Waals surface area (Å²) in [5.74, 6) is 1.44. The lowest BCUT2D eigenvalue weighted by Crippen LogP contribution is -2.10. The molecule has 0 unspecified atom stereocenters. The summed E-state index contributed by atoms with van der Waals surface area (Å²) in [4.78, 5) is 1.54. The molecule has 2 heterocycles. The van der Waals surface area contributed by atoms with Crippen LogP contribution in [0.1, 0.15) is 18.2 Å². The molecule has 1 N–H and O–H groups in total. The summed E-state index contributed by atoms with van der Waals surface area (Å²) >= 11 is 0. The minimum Gasteiger partial charge on any atom is -0.467 e. The van der Waals surface area contributed by atoms with Gasteiger partial charge in [0.15, 0.2) is 0 Å². The molecule has 3 aromatic rings. The number of benzene rings is 1. The Hall–Kier alpha value is -2.47. The molecule has 0 atom stereocenters. The zero-order chi connectivity index (χ0) is 14.5. The number of nitrogens with one attached hydrogen (secondary N) is 1. The second kappa shape index (κ2) is 6.32. The normalized spacial score (nSPS) is 10.9. The third kappa shape index (κ3) is 3.35. The molecule has 0 spiro atoms. The first-order valence-electron chi connectivity index (χ1n) is 6.95. The van der Waals surface area contributed by atoms with Gasteiger partial charge in [-0.2, -0.15) is 4.80 Å². The molecule has 6 nitrogen and oxygen atoms in total. The van der Waals surface area contributed by atoms with E-state index in [9.17, 15) is 0 Å². The molecule has 6 heteroatoms. The molecule has 0 bridgehead atoms. The smallest absolute Gasteiger partial charge is 0.204 e. The van der Waals surface area contributed by atoms with Crippen molar-refractivity contribution >= 4 is 0 Å². The van der Waals surface area contributed by atoms with Crippen molar-refractivity contribution in [3.63, 3.8) is 0 Å². The van der Waals surface area contributed by atoms with E-state index in [1.165, 1.54) is 4.80 Å². The molecule has 108 valence electrons. The molecule has 0 saturated heterocycles. The average Bonchev–Trinajstić information content (AvgIpc) is 3.16. The van der Waals surface area contributed by atoms with E-state index in [0.717, 1.165) is 30.0 Å². The molecule has 21 heavy (non-hydrogen) atoms. The molecule has 1 aromatic carbocycles. The Labute approximate surface area is 122 Å². The van der Waals surface area contributed by atoms with Crippen LogP contribution < -0.4 is 5.32 Å². The van der Waals surface area contributed by atoms with Crippen molar-refractivity contribution in [1.82, 2.24) is 25.5 Å². The highest BCUT2D eigenvalue weighted by atomic mass is 16.3. The summed E-state index contributed by atoms with van der Waals surface area (Å²) in [6.45, 7) is 4.29. The average molecular weight is 283 g/mol. The minimum absolute atomic E-state index is 0.478. The molecule has 0 radical (unpaired) electrons. The Morgan fingerprint density at radius 1 is 1.24 bits per heavy atom. The van der Waals surface area contributed by atoms with Crippen LogP contribution in [0.4, 0.5) is 0 Å². The standard InChI is InChI=1S/C15H17N5O/c1-2-16-9-12-8-14(21-11-12)10-20-18-15(17-19-20)13-6-4-3-5-7-13/h3-8,11,16H,2,9-10H2,1H3. The van der Waals surface area contributed by atoms with Crippen molar-refractivity contribution in [2.75, 3.05) is 6.54 Å². The Kier molecular flexibility index (Phi) is 4.07. The van der Waals surface area contributed by atoms with Crippen molar-refractivity contribution in [3.05, 3.63) is 54.0 Å². The van der Waals surface area contributed by atoms with Gasteiger partial charge in [0.1, 0.15) is 12.3 Å². The predicted octanol–water partition coefficient (Wildman–Crippen LogP) is 2.09. The number of aromatic nitrogens is 4. The van der Waals surface area contributed by atoms with Crippen LogP contribution in [0.15, 0.2) is 47.1 Å². The topological polar surface area (TPSA) is 68.8 Å². The lowest BCUT2D eigenvalue weighted by molar-refractivity contribution is 0.452. The van der Waals surface area contributed by atoms with Crippen LogP contribution in [0.5, 0.6) is 0 Å². The molecule has 0 aliphatic heterocycles. The first-order chi connectivity index (χ1) is 10.3. The maximum atomic E-state index is 5.51. The van der Waals surface area contributed by atoms with Crippen LogP contribution >= 0.6 is 0 Å². The van der Waals surface area contributed by atoms with E-state index in [-0.39, 0.29) is 0 Å². The van der Waals surface area contributed by atoms with Gasteiger partial charge in [-0.15, -0.1) is 10.2 Å². The molecular formula is C15H17N5O. The van der Waals surface area contributed by atoms with Crippen molar-refractivity contribution < 1.29 is 4.42 Å². The number of nitrogens with zero attached hydrogens (tertiary/aromatic N) is 4. The highest BCUT2D eigenvalue weighted by Gasteiger charge is 2.08. The van der Waals surface area contributed by atoms with Gasteiger partial charge in [-0.1, -0.05) is 37.3 Å². The highest BCUT2D eigenvalue weighted by molar-refractivity contribution is 5.52. The Morgan fingerprint density at radius 3 is 2.90 bits per heavy atom. The maximum Gasteiger partial charge on any atom is 0.204 e. The summed E-state index contributed by atoms with van der Waals surface area (Å²) in [7, 11) is 0. The van der Waals surface area contributed by atoms with Gasteiger partial charge in [0, 0.05) is 17.7 Å². The van der Waals surface area contributed by atoms with Crippen LogP contribution in [0.25, 0.3) is 11.4 Å². The second-order valence-corrected chi connectivity index (χ2v) is 4.71. The van der Waals surface area contributed by atoms with Crippen LogP contribution in [0, 0.1) is 0 Å². The molecule has 0 aliphatic rings. The van der Waals surface area contributed by atoms with Gasteiger partial charge >= 0.3 is 0 Å². The fourth-order valence-electron chi connectivity index (χ4n) is 2.02. The summed E-state index contributed by atoms with van der Waals surface area (Å²) in [5.41, 5.74) is 2.08. The van der Waals surface area contributed by atoms with Crippen LogP contribution in [0.2, 0.25) is 0 Å². The summed E-state index contributed by atoms with van der Waals surface area (Å²) in [5, 5.41) is 15.7. The van der Waals surface area contributed by atoms with E-state index in [4.69, 9.17) is 4.42 Å². The van der Waals surface area contributed by atoms with Crippen molar-refractivity contribution in [3.8, 4) is 11.4 Å². The molecule has 3 rings (SSSR count). The number of hydrogen-bond donors (Lipinski definition) is 1. The Balaban J connectivity index is 1.68. The SMILES string of the molecule is CCNCc1coc(Cn2nnc(-c3ccccc3)n2)c1. The van der Waals surface area contributed by atoms with E-state index in [1.807, 2.05) is 36.4 Å². The van der Waals surface area contributed by atoms with E-state index < -0.39 is 0 Å². The number of tetrazole rings is 1. The van der Waals surface area contributed by atoms with E-state index in [0.29, 0.717) is 12.4 Å². The molecular weight excluding hydrogens is 266 g/mol. The zero-order valence-electron chi connectivity index (χ0n) is 11.9. The third-order valence-electron chi connectivity index (χ3n) is 3.07. The molecule has 0 amide bonds. The Bertz CT molecular complexity index is 689. The van der Waals surface area contributed by atoms with E-state index in [2.05, 4.69) is 27.7 Å². The fourth-order valence-corrected chi connectivity index (χ4v) is 2.02. The van der Waals surface area contributed by atoms with Crippen molar-refractivity contribution in [2.24, 2.45) is 0 Å². The van der Waals surface area contributed by atoms with E-state index >= 15 is 0 Å².